The Morgan fingerprint density at radius 1 is 0.929 bits per heavy atom. The van der Waals surface area contributed by atoms with Crippen LogP contribution < -0.4 is 18.9 Å². The van der Waals surface area contributed by atoms with Gasteiger partial charge in [-0.15, -0.1) is 0 Å². The maximum Gasteiger partial charge on any atom is 0.226 e. The summed E-state index contributed by atoms with van der Waals surface area (Å²) in [4.78, 5) is 15.4. The SMILES string of the molecule is COc1ccc(-c2nc(COc3ccc(C=O)cc3OC)c(C)o2)cc1OC. The molecule has 0 saturated heterocycles. The van der Waals surface area contributed by atoms with E-state index in [4.69, 9.17) is 23.4 Å². The fourth-order valence-electron chi connectivity index (χ4n) is 2.68. The van der Waals surface area contributed by atoms with Crippen LogP contribution in [0, 0.1) is 6.92 Å². The van der Waals surface area contributed by atoms with Gasteiger partial charge in [-0.25, -0.2) is 4.98 Å². The first-order valence-corrected chi connectivity index (χ1v) is 8.54. The molecule has 0 spiro atoms. The van der Waals surface area contributed by atoms with E-state index in [0.29, 0.717) is 45.9 Å². The molecule has 0 aliphatic heterocycles. The molecule has 0 N–H and O–H groups in total. The largest absolute Gasteiger partial charge is 0.493 e. The molecule has 0 fully saturated rings. The second-order valence-corrected chi connectivity index (χ2v) is 5.91. The number of aldehydes is 1. The van der Waals surface area contributed by atoms with Crippen LogP contribution in [0.3, 0.4) is 0 Å². The lowest BCUT2D eigenvalue weighted by Crippen LogP contribution is -2.00. The lowest BCUT2D eigenvalue weighted by atomic mass is 10.2. The molecular weight excluding hydrogens is 362 g/mol. The number of nitrogens with zero attached hydrogens (tertiary/aromatic N) is 1. The average molecular weight is 383 g/mol. The van der Waals surface area contributed by atoms with Crippen LogP contribution in [-0.2, 0) is 6.61 Å². The van der Waals surface area contributed by atoms with Crippen LogP contribution in [0.4, 0.5) is 0 Å². The predicted molar refractivity (Wildman–Crippen MR) is 102 cm³/mol. The van der Waals surface area contributed by atoms with Crippen molar-refractivity contribution in [2.75, 3.05) is 21.3 Å². The van der Waals surface area contributed by atoms with Gasteiger partial charge in [0.2, 0.25) is 5.89 Å². The normalized spacial score (nSPS) is 10.4. The van der Waals surface area contributed by atoms with Crippen LogP contribution in [0.15, 0.2) is 40.8 Å². The zero-order valence-corrected chi connectivity index (χ0v) is 16.1. The molecule has 2 aromatic carbocycles. The minimum Gasteiger partial charge on any atom is -0.493 e. The number of aromatic nitrogens is 1. The number of hydrogen-bond donors (Lipinski definition) is 0. The monoisotopic (exact) mass is 383 g/mol. The van der Waals surface area contributed by atoms with Crippen LogP contribution in [-0.4, -0.2) is 32.6 Å². The molecule has 0 bridgehead atoms. The summed E-state index contributed by atoms with van der Waals surface area (Å²) in [5.41, 5.74) is 1.93. The molecule has 0 aliphatic carbocycles. The Morgan fingerprint density at radius 2 is 1.61 bits per heavy atom. The van der Waals surface area contributed by atoms with Crippen molar-refractivity contribution >= 4 is 6.29 Å². The Kier molecular flexibility index (Phi) is 5.84. The highest BCUT2D eigenvalue weighted by Gasteiger charge is 2.15. The van der Waals surface area contributed by atoms with Crippen molar-refractivity contribution in [1.29, 1.82) is 0 Å². The number of oxazole rings is 1. The Labute approximate surface area is 162 Å². The maximum atomic E-state index is 10.9. The van der Waals surface area contributed by atoms with E-state index in [1.54, 1.807) is 44.6 Å². The molecule has 146 valence electrons. The van der Waals surface area contributed by atoms with E-state index in [1.807, 2.05) is 13.0 Å². The highest BCUT2D eigenvalue weighted by atomic mass is 16.5. The zero-order valence-electron chi connectivity index (χ0n) is 16.1. The topological polar surface area (TPSA) is 80.0 Å². The number of benzene rings is 2. The van der Waals surface area contributed by atoms with Gasteiger partial charge in [-0.2, -0.15) is 0 Å². The van der Waals surface area contributed by atoms with E-state index in [9.17, 15) is 4.79 Å². The van der Waals surface area contributed by atoms with Gasteiger partial charge in [0.05, 0.1) is 21.3 Å². The van der Waals surface area contributed by atoms with Gasteiger partial charge >= 0.3 is 0 Å². The van der Waals surface area contributed by atoms with Gasteiger partial charge in [0.1, 0.15) is 24.3 Å². The molecule has 0 unspecified atom stereocenters. The van der Waals surface area contributed by atoms with Crippen molar-refractivity contribution in [1.82, 2.24) is 4.98 Å². The van der Waals surface area contributed by atoms with E-state index < -0.39 is 0 Å². The Balaban J connectivity index is 1.81. The molecule has 1 aromatic heterocycles. The number of ether oxygens (including phenoxy) is 4. The van der Waals surface area contributed by atoms with Gasteiger partial charge in [0, 0.05) is 11.1 Å². The Bertz CT molecular complexity index is 979. The van der Waals surface area contributed by atoms with E-state index >= 15 is 0 Å². The number of carbonyl (C=O) groups excluding carboxylic acids is 1. The summed E-state index contributed by atoms with van der Waals surface area (Å²) in [6, 6.07) is 10.4. The Hall–Kier alpha value is -3.48. The van der Waals surface area contributed by atoms with E-state index in [0.717, 1.165) is 11.8 Å². The smallest absolute Gasteiger partial charge is 0.226 e. The van der Waals surface area contributed by atoms with Crippen molar-refractivity contribution in [3.63, 3.8) is 0 Å². The number of hydrogen-bond acceptors (Lipinski definition) is 7. The molecular formula is C21H21NO6. The predicted octanol–water partition coefficient (Wildman–Crippen LogP) is 4.07. The molecule has 0 amide bonds. The lowest BCUT2D eigenvalue weighted by Gasteiger charge is -2.10. The van der Waals surface area contributed by atoms with Gasteiger partial charge in [0.15, 0.2) is 23.0 Å². The third kappa shape index (κ3) is 3.93. The highest BCUT2D eigenvalue weighted by Crippen LogP contribution is 2.33. The first kappa shape index (κ1) is 19.3. The van der Waals surface area contributed by atoms with Crippen molar-refractivity contribution in [2.45, 2.75) is 13.5 Å². The minimum atomic E-state index is 0.194. The van der Waals surface area contributed by atoms with Crippen LogP contribution in [0.25, 0.3) is 11.5 Å². The first-order chi connectivity index (χ1) is 13.6. The quantitative estimate of drug-likeness (QED) is 0.543. The molecule has 0 radical (unpaired) electrons. The minimum absolute atomic E-state index is 0.194. The number of methoxy groups -OCH3 is 3. The summed E-state index contributed by atoms with van der Waals surface area (Å²) in [5, 5.41) is 0. The van der Waals surface area contributed by atoms with Gasteiger partial charge in [-0.3, -0.25) is 4.79 Å². The third-order valence-electron chi connectivity index (χ3n) is 4.21. The third-order valence-corrected chi connectivity index (χ3v) is 4.21. The van der Waals surface area contributed by atoms with Crippen LogP contribution in [0.2, 0.25) is 0 Å². The van der Waals surface area contributed by atoms with E-state index in [1.165, 1.54) is 7.11 Å². The highest BCUT2D eigenvalue weighted by molar-refractivity contribution is 5.76. The van der Waals surface area contributed by atoms with Crippen molar-refractivity contribution in [3.8, 4) is 34.5 Å². The van der Waals surface area contributed by atoms with Gasteiger partial charge in [-0.05, 0) is 43.3 Å². The maximum absolute atomic E-state index is 10.9. The average Bonchev–Trinajstić information content (AvgIpc) is 3.11. The fraction of sp³-hybridized carbons (Fsp3) is 0.238. The lowest BCUT2D eigenvalue weighted by molar-refractivity contribution is 0.112. The second-order valence-electron chi connectivity index (χ2n) is 5.91. The zero-order chi connectivity index (χ0) is 20.1. The molecule has 0 aliphatic rings. The molecule has 28 heavy (non-hydrogen) atoms. The summed E-state index contributed by atoms with van der Waals surface area (Å²) in [7, 11) is 4.68. The molecule has 0 saturated carbocycles. The standard InChI is InChI=1S/C21H21NO6/c1-13-16(12-27-18-7-5-14(11-23)9-19(18)25-3)22-21(28-13)15-6-8-17(24-2)20(10-15)26-4/h5-11H,12H2,1-4H3. The molecule has 0 atom stereocenters. The van der Waals surface area contributed by atoms with Crippen LogP contribution >= 0.6 is 0 Å². The molecule has 3 rings (SSSR count). The van der Waals surface area contributed by atoms with Gasteiger partial charge in [0.25, 0.3) is 0 Å². The van der Waals surface area contributed by atoms with Gasteiger partial charge < -0.3 is 23.4 Å². The van der Waals surface area contributed by atoms with Crippen LogP contribution in [0.5, 0.6) is 23.0 Å². The van der Waals surface area contributed by atoms with Crippen molar-refractivity contribution in [2.24, 2.45) is 0 Å². The van der Waals surface area contributed by atoms with Crippen molar-refractivity contribution < 1.29 is 28.2 Å². The number of carbonyl (C=O) groups is 1. The summed E-state index contributed by atoms with van der Waals surface area (Å²) in [6.45, 7) is 2.02. The molecule has 3 aromatic rings. The summed E-state index contributed by atoms with van der Waals surface area (Å²) in [6.07, 6.45) is 0.753. The number of rotatable bonds is 8. The summed E-state index contributed by atoms with van der Waals surface area (Å²) < 4.78 is 27.5. The van der Waals surface area contributed by atoms with E-state index in [2.05, 4.69) is 4.98 Å². The van der Waals surface area contributed by atoms with Gasteiger partial charge in [-0.1, -0.05) is 0 Å². The molecule has 7 heteroatoms. The van der Waals surface area contributed by atoms with E-state index in [-0.39, 0.29) is 6.61 Å². The van der Waals surface area contributed by atoms with Crippen LogP contribution in [0.1, 0.15) is 21.8 Å². The fourth-order valence-corrected chi connectivity index (χ4v) is 2.68. The Morgan fingerprint density at radius 3 is 2.29 bits per heavy atom. The summed E-state index contributed by atoms with van der Waals surface area (Å²) in [5.74, 6) is 3.32. The number of aryl methyl sites for hydroxylation is 1. The second kappa shape index (κ2) is 8.47. The summed E-state index contributed by atoms with van der Waals surface area (Å²) >= 11 is 0. The molecule has 1 heterocycles. The molecule has 7 nitrogen and oxygen atoms in total. The first-order valence-electron chi connectivity index (χ1n) is 8.54. The van der Waals surface area contributed by atoms with Crippen molar-refractivity contribution in [3.05, 3.63) is 53.4 Å².